The van der Waals surface area contributed by atoms with E-state index in [9.17, 15) is 9.59 Å². The molecule has 0 saturated heterocycles. The lowest BCUT2D eigenvalue weighted by molar-refractivity contribution is -0.122. The van der Waals surface area contributed by atoms with E-state index in [0.29, 0.717) is 17.9 Å². The van der Waals surface area contributed by atoms with E-state index in [1.807, 2.05) is 62.4 Å². The molecule has 0 fully saturated rings. The third-order valence-corrected chi connectivity index (χ3v) is 6.22. The van der Waals surface area contributed by atoms with E-state index >= 15 is 0 Å². The van der Waals surface area contributed by atoms with Gasteiger partial charge in [-0.15, -0.1) is 0 Å². The molecule has 0 atom stereocenters. The van der Waals surface area contributed by atoms with Crippen LogP contribution in [0.15, 0.2) is 48.5 Å². The Kier molecular flexibility index (Phi) is 5.90. The van der Waals surface area contributed by atoms with Crippen molar-refractivity contribution in [1.29, 1.82) is 0 Å². The van der Waals surface area contributed by atoms with Gasteiger partial charge in [0.2, 0.25) is 5.91 Å². The second kappa shape index (κ2) is 8.75. The molecule has 0 aliphatic carbocycles. The van der Waals surface area contributed by atoms with Gasteiger partial charge >= 0.3 is 0 Å². The van der Waals surface area contributed by atoms with Gasteiger partial charge in [0.25, 0.3) is 5.91 Å². The minimum Gasteiger partial charge on any atom is -0.350 e. The quantitative estimate of drug-likeness (QED) is 0.636. The Morgan fingerprint density at radius 2 is 1.87 bits per heavy atom. The van der Waals surface area contributed by atoms with E-state index in [2.05, 4.69) is 15.7 Å². The minimum atomic E-state index is -0.191. The van der Waals surface area contributed by atoms with Crippen LogP contribution >= 0.6 is 11.8 Å². The van der Waals surface area contributed by atoms with E-state index in [0.717, 1.165) is 39.5 Å². The zero-order valence-electron chi connectivity index (χ0n) is 17.1. The number of fused-ring (bicyclic) bond motifs is 1. The minimum absolute atomic E-state index is 0.0625. The van der Waals surface area contributed by atoms with Crippen molar-refractivity contribution < 1.29 is 9.59 Å². The first kappa shape index (κ1) is 20.2. The zero-order valence-corrected chi connectivity index (χ0v) is 17.9. The SMILES string of the molecule is Cc1ccc(C(=O)Nc2c3c(nn2CC(=O)NCc2ccccc2)CSC3)cc1C. The maximum Gasteiger partial charge on any atom is 0.256 e. The van der Waals surface area contributed by atoms with Gasteiger partial charge in [-0.3, -0.25) is 9.59 Å². The van der Waals surface area contributed by atoms with Gasteiger partial charge in [-0.2, -0.15) is 16.9 Å². The Balaban J connectivity index is 1.49. The van der Waals surface area contributed by atoms with Crippen LogP contribution in [0.5, 0.6) is 0 Å². The second-order valence-electron chi connectivity index (χ2n) is 7.44. The van der Waals surface area contributed by atoms with E-state index in [1.165, 1.54) is 0 Å². The normalized spacial score (nSPS) is 12.5. The molecule has 2 N–H and O–H groups in total. The van der Waals surface area contributed by atoms with E-state index in [-0.39, 0.29) is 18.4 Å². The monoisotopic (exact) mass is 420 g/mol. The molecule has 3 aromatic rings. The number of carbonyl (C=O) groups excluding carboxylic acids is 2. The van der Waals surface area contributed by atoms with Crippen LogP contribution in [0.1, 0.15) is 38.3 Å². The Labute approximate surface area is 180 Å². The van der Waals surface area contributed by atoms with Gasteiger partial charge in [0.1, 0.15) is 12.4 Å². The molecule has 30 heavy (non-hydrogen) atoms. The first-order chi connectivity index (χ1) is 14.5. The van der Waals surface area contributed by atoms with Crippen LogP contribution in [0.2, 0.25) is 0 Å². The van der Waals surface area contributed by atoms with Gasteiger partial charge < -0.3 is 10.6 Å². The first-order valence-corrected chi connectivity index (χ1v) is 11.0. The number of rotatable bonds is 6. The van der Waals surface area contributed by atoms with E-state index in [4.69, 9.17) is 0 Å². The number of hydrogen-bond donors (Lipinski definition) is 2. The van der Waals surface area contributed by atoms with Gasteiger partial charge in [-0.25, -0.2) is 4.68 Å². The summed E-state index contributed by atoms with van der Waals surface area (Å²) < 4.78 is 1.61. The zero-order chi connectivity index (χ0) is 21.1. The van der Waals surface area contributed by atoms with Crippen LogP contribution < -0.4 is 10.6 Å². The molecule has 1 aromatic heterocycles. The van der Waals surface area contributed by atoms with Crippen LogP contribution in [0.4, 0.5) is 5.82 Å². The lowest BCUT2D eigenvalue weighted by Crippen LogP contribution is -2.28. The maximum atomic E-state index is 12.9. The average Bonchev–Trinajstić information content (AvgIpc) is 3.32. The summed E-state index contributed by atoms with van der Waals surface area (Å²) in [5.74, 6) is 1.86. The van der Waals surface area contributed by atoms with Gasteiger partial charge in [-0.1, -0.05) is 36.4 Å². The fourth-order valence-corrected chi connectivity index (χ4v) is 4.41. The lowest BCUT2D eigenvalue weighted by atomic mass is 10.1. The van der Waals surface area contributed by atoms with Crippen molar-refractivity contribution >= 4 is 29.4 Å². The molecule has 0 unspecified atom stereocenters. The van der Waals surface area contributed by atoms with Crippen molar-refractivity contribution in [1.82, 2.24) is 15.1 Å². The Bertz CT molecular complexity index is 1090. The predicted molar refractivity (Wildman–Crippen MR) is 119 cm³/mol. The largest absolute Gasteiger partial charge is 0.350 e. The highest BCUT2D eigenvalue weighted by Crippen LogP contribution is 2.34. The molecule has 2 amide bonds. The van der Waals surface area contributed by atoms with Crippen molar-refractivity contribution in [3.05, 3.63) is 82.0 Å². The molecule has 1 aliphatic rings. The summed E-state index contributed by atoms with van der Waals surface area (Å²) in [5, 5.41) is 10.5. The van der Waals surface area contributed by atoms with E-state index in [1.54, 1.807) is 16.4 Å². The number of amides is 2. The second-order valence-corrected chi connectivity index (χ2v) is 8.43. The molecule has 0 spiro atoms. The molecule has 2 aromatic carbocycles. The number of aryl methyl sites for hydroxylation is 2. The number of hydrogen-bond acceptors (Lipinski definition) is 4. The number of benzene rings is 2. The van der Waals surface area contributed by atoms with Crippen LogP contribution in [0.3, 0.4) is 0 Å². The fourth-order valence-electron chi connectivity index (χ4n) is 3.37. The Morgan fingerprint density at radius 1 is 1.07 bits per heavy atom. The fraction of sp³-hybridized carbons (Fsp3) is 0.261. The highest BCUT2D eigenvalue weighted by Gasteiger charge is 2.25. The first-order valence-electron chi connectivity index (χ1n) is 9.87. The van der Waals surface area contributed by atoms with Crippen molar-refractivity contribution in [2.45, 2.75) is 38.4 Å². The topological polar surface area (TPSA) is 76.0 Å². The number of aromatic nitrogens is 2. The Hall–Kier alpha value is -3.06. The molecule has 7 heteroatoms. The molecule has 4 rings (SSSR count). The van der Waals surface area contributed by atoms with Crippen molar-refractivity contribution in [3.63, 3.8) is 0 Å². The number of anilines is 1. The summed E-state index contributed by atoms with van der Waals surface area (Å²) in [6.45, 7) is 4.53. The molecule has 0 bridgehead atoms. The predicted octanol–water partition coefficient (Wildman–Crippen LogP) is 3.82. The van der Waals surface area contributed by atoms with E-state index < -0.39 is 0 Å². The molecule has 1 aliphatic heterocycles. The highest BCUT2D eigenvalue weighted by atomic mass is 32.2. The molecule has 154 valence electrons. The summed E-state index contributed by atoms with van der Waals surface area (Å²) in [4.78, 5) is 25.4. The molecular weight excluding hydrogens is 396 g/mol. The van der Waals surface area contributed by atoms with Gasteiger partial charge in [0.05, 0.1) is 5.69 Å². The number of nitrogens with one attached hydrogen (secondary N) is 2. The average molecular weight is 421 g/mol. The summed E-state index contributed by atoms with van der Waals surface area (Å²) in [6, 6.07) is 15.4. The van der Waals surface area contributed by atoms with Crippen molar-refractivity contribution in [2.75, 3.05) is 5.32 Å². The molecule has 6 nitrogen and oxygen atoms in total. The third kappa shape index (κ3) is 4.41. The summed E-state index contributed by atoms with van der Waals surface area (Å²) >= 11 is 1.76. The van der Waals surface area contributed by atoms with Crippen LogP contribution in [-0.2, 0) is 29.4 Å². The van der Waals surface area contributed by atoms with Gasteiger partial charge in [-0.05, 0) is 42.7 Å². The summed E-state index contributed by atoms with van der Waals surface area (Å²) in [5.41, 5.74) is 5.78. The summed E-state index contributed by atoms with van der Waals surface area (Å²) in [6.07, 6.45) is 0. The molecular formula is C23H24N4O2S. The lowest BCUT2D eigenvalue weighted by Gasteiger charge is -2.12. The van der Waals surface area contributed by atoms with Crippen molar-refractivity contribution in [2.24, 2.45) is 0 Å². The maximum absolute atomic E-state index is 12.9. The summed E-state index contributed by atoms with van der Waals surface area (Å²) in [7, 11) is 0. The van der Waals surface area contributed by atoms with Crippen LogP contribution in [-0.4, -0.2) is 21.6 Å². The Morgan fingerprint density at radius 3 is 2.63 bits per heavy atom. The van der Waals surface area contributed by atoms with Gasteiger partial charge in [0, 0.05) is 29.2 Å². The van der Waals surface area contributed by atoms with Gasteiger partial charge in [0.15, 0.2) is 0 Å². The highest BCUT2D eigenvalue weighted by molar-refractivity contribution is 7.98. The van der Waals surface area contributed by atoms with Crippen molar-refractivity contribution in [3.8, 4) is 0 Å². The molecule has 0 radical (unpaired) electrons. The van der Waals surface area contributed by atoms with Crippen LogP contribution in [0, 0.1) is 13.8 Å². The number of nitrogens with zero attached hydrogens (tertiary/aromatic N) is 2. The molecule has 2 heterocycles. The third-order valence-electron chi connectivity index (χ3n) is 5.25. The molecule has 0 saturated carbocycles. The number of carbonyl (C=O) groups is 2. The smallest absolute Gasteiger partial charge is 0.256 e. The number of thioether (sulfide) groups is 1. The van der Waals surface area contributed by atoms with Crippen LogP contribution in [0.25, 0.3) is 0 Å². The standard InChI is InChI=1S/C23H24N4O2S/c1-15-8-9-18(10-16(15)2)23(29)25-22-19-13-30-14-20(19)26-27(22)12-21(28)24-11-17-6-4-3-5-7-17/h3-10H,11-14H2,1-2H3,(H,24,28)(H,25,29).